The smallest absolute Gasteiger partial charge is 0.160 e. The second kappa shape index (κ2) is 8.72. The molecule has 0 aliphatic carbocycles. The quantitative estimate of drug-likeness (QED) is 0.285. The van der Waals surface area contributed by atoms with Crippen LogP contribution in [0.2, 0.25) is 0 Å². The topological polar surface area (TPSA) is 38.7 Å². The number of fused-ring (bicyclic) bond motifs is 1. The van der Waals surface area contributed by atoms with Crippen molar-refractivity contribution >= 4 is 10.8 Å². The summed E-state index contributed by atoms with van der Waals surface area (Å²) in [5.74, 6) is 0.706. The molecule has 4 aromatic carbocycles. The van der Waals surface area contributed by atoms with Gasteiger partial charge in [-0.05, 0) is 35.0 Å². The molecule has 160 valence electrons. The molecule has 0 radical (unpaired) electrons. The fraction of sp³-hybridized carbons (Fsp3) is 0. The monoisotopic (exact) mass is 435 g/mol. The number of rotatable bonds is 4. The molecule has 0 N–H and O–H groups in total. The van der Waals surface area contributed by atoms with Crippen LogP contribution in [0.1, 0.15) is 0 Å². The highest BCUT2D eigenvalue weighted by Crippen LogP contribution is 2.30. The van der Waals surface area contributed by atoms with Crippen LogP contribution in [0, 0.1) is 0 Å². The molecule has 2 heterocycles. The zero-order chi connectivity index (χ0) is 22.7. The molecule has 6 aromatic rings. The van der Waals surface area contributed by atoms with Crippen LogP contribution in [-0.2, 0) is 0 Å². The first-order valence-electron chi connectivity index (χ1n) is 11.3. The molecular weight excluding hydrogens is 414 g/mol. The zero-order valence-corrected chi connectivity index (χ0v) is 18.5. The summed E-state index contributed by atoms with van der Waals surface area (Å²) in [5.41, 5.74) is 6.94. The maximum atomic E-state index is 4.98. The van der Waals surface area contributed by atoms with Gasteiger partial charge >= 0.3 is 0 Å². The Labute approximate surface area is 198 Å². The van der Waals surface area contributed by atoms with Crippen molar-refractivity contribution in [3.63, 3.8) is 0 Å². The highest BCUT2D eigenvalue weighted by molar-refractivity contribution is 5.87. The Morgan fingerprint density at radius 3 is 1.76 bits per heavy atom. The first kappa shape index (κ1) is 20.0. The van der Waals surface area contributed by atoms with E-state index < -0.39 is 0 Å². The summed E-state index contributed by atoms with van der Waals surface area (Å²) in [5, 5.41) is 2.41. The Morgan fingerprint density at radius 1 is 0.382 bits per heavy atom. The van der Waals surface area contributed by atoms with E-state index in [1.807, 2.05) is 42.6 Å². The summed E-state index contributed by atoms with van der Waals surface area (Å²) < 4.78 is 0. The third-order valence-corrected chi connectivity index (χ3v) is 5.94. The minimum atomic E-state index is 0.706. The second-order valence-electron chi connectivity index (χ2n) is 8.18. The standard InChI is InChI=1S/C31H21N3/c1-2-9-23(10-3-1)29-21-30(27-18-13-22-8-4-5-11-26(22)20-27)34-31(33-29)25-16-14-24(15-17-25)28-12-6-7-19-32-28/h1-21H. The van der Waals surface area contributed by atoms with E-state index in [1.165, 1.54) is 10.8 Å². The first-order chi connectivity index (χ1) is 16.8. The maximum absolute atomic E-state index is 4.98. The average Bonchev–Trinajstić information content (AvgIpc) is 2.93. The van der Waals surface area contributed by atoms with E-state index in [1.54, 1.807) is 0 Å². The van der Waals surface area contributed by atoms with Crippen LogP contribution < -0.4 is 0 Å². The lowest BCUT2D eigenvalue weighted by Crippen LogP contribution is -1.96. The van der Waals surface area contributed by atoms with E-state index in [-0.39, 0.29) is 0 Å². The van der Waals surface area contributed by atoms with Crippen molar-refractivity contribution in [1.82, 2.24) is 15.0 Å². The van der Waals surface area contributed by atoms with Gasteiger partial charge in [-0.1, -0.05) is 97.1 Å². The van der Waals surface area contributed by atoms with Gasteiger partial charge < -0.3 is 0 Å². The van der Waals surface area contributed by atoms with Gasteiger partial charge in [-0.2, -0.15) is 0 Å². The predicted octanol–water partition coefficient (Wildman–Crippen LogP) is 7.69. The minimum absolute atomic E-state index is 0.706. The van der Waals surface area contributed by atoms with Gasteiger partial charge in [-0.3, -0.25) is 4.98 Å². The summed E-state index contributed by atoms with van der Waals surface area (Å²) in [6.45, 7) is 0. The minimum Gasteiger partial charge on any atom is -0.256 e. The molecule has 0 atom stereocenters. The summed E-state index contributed by atoms with van der Waals surface area (Å²) in [6, 6.07) is 41.4. The van der Waals surface area contributed by atoms with Crippen LogP contribution >= 0.6 is 0 Å². The highest BCUT2D eigenvalue weighted by atomic mass is 14.9. The molecule has 0 spiro atoms. The molecule has 0 aliphatic heterocycles. The number of hydrogen-bond acceptors (Lipinski definition) is 3. The van der Waals surface area contributed by atoms with Crippen molar-refractivity contribution in [2.75, 3.05) is 0 Å². The van der Waals surface area contributed by atoms with Crippen molar-refractivity contribution in [2.45, 2.75) is 0 Å². The van der Waals surface area contributed by atoms with E-state index in [4.69, 9.17) is 9.97 Å². The second-order valence-corrected chi connectivity index (χ2v) is 8.18. The fourth-order valence-electron chi connectivity index (χ4n) is 4.15. The van der Waals surface area contributed by atoms with E-state index in [2.05, 4.69) is 89.9 Å². The molecule has 0 amide bonds. The molecule has 3 heteroatoms. The molecule has 6 rings (SSSR count). The zero-order valence-electron chi connectivity index (χ0n) is 18.5. The largest absolute Gasteiger partial charge is 0.256 e. The van der Waals surface area contributed by atoms with Gasteiger partial charge in [0.2, 0.25) is 0 Å². The summed E-state index contributed by atoms with van der Waals surface area (Å²) in [4.78, 5) is 14.4. The molecule has 0 unspecified atom stereocenters. The Hall–Kier alpha value is -4.63. The van der Waals surface area contributed by atoms with Gasteiger partial charge in [0.15, 0.2) is 5.82 Å². The number of pyridine rings is 1. The third-order valence-electron chi connectivity index (χ3n) is 5.94. The fourth-order valence-corrected chi connectivity index (χ4v) is 4.15. The van der Waals surface area contributed by atoms with Gasteiger partial charge in [0.1, 0.15) is 0 Å². The number of nitrogens with zero attached hydrogens (tertiary/aromatic N) is 3. The van der Waals surface area contributed by atoms with Gasteiger partial charge in [0, 0.05) is 28.5 Å². The van der Waals surface area contributed by atoms with E-state index in [0.29, 0.717) is 5.82 Å². The first-order valence-corrected chi connectivity index (χ1v) is 11.3. The van der Waals surface area contributed by atoms with E-state index >= 15 is 0 Å². The van der Waals surface area contributed by atoms with Crippen molar-refractivity contribution in [3.05, 3.63) is 128 Å². The van der Waals surface area contributed by atoms with Crippen LogP contribution in [-0.4, -0.2) is 15.0 Å². The van der Waals surface area contributed by atoms with Gasteiger partial charge in [-0.15, -0.1) is 0 Å². The molecular formula is C31H21N3. The normalized spacial score (nSPS) is 10.9. The molecule has 0 bridgehead atoms. The lowest BCUT2D eigenvalue weighted by molar-refractivity contribution is 1.18. The van der Waals surface area contributed by atoms with Crippen LogP contribution in [0.3, 0.4) is 0 Å². The highest BCUT2D eigenvalue weighted by Gasteiger charge is 2.11. The molecule has 0 fully saturated rings. The SMILES string of the molecule is c1ccc(-c2cc(-c3ccc4ccccc4c3)nc(-c3ccc(-c4ccccn4)cc3)n2)cc1. The Kier molecular flexibility index (Phi) is 5.13. The van der Waals surface area contributed by atoms with Crippen LogP contribution in [0.4, 0.5) is 0 Å². The average molecular weight is 436 g/mol. The van der Waals surface area contributed by atoms with Crippen molar-refractivity contribution in [1.29, 1.82) is 0 Å². The van der Waals surface area contributed by atoms with E-state index in [0.717, 1.165) is 39.3 Å². The summed E-state index contributed by atoms with van der Waals surface area (Å²) >= 11 is 0. The molecule has 0 aliphatic rings. The van der Waals surface area contributed by atoms with E-state index in [9.17, 15) is 0 Å². The van der Waals surface area contributed by atoms with Crippen molar-refractivity contribution in [2.24, 2.45) is 0 Å². The molecule has 0 saturated heterocycles. The lowest BCUT2D eigenvalue weighted by Gasteiger charge is -2.10. The molecule has 0 saturated carbocycles. The number of aromatic nitrogens is 3. The van der Waals surface area contributed by atoms with Gasteiger partial charge in [0.25, 0.3) is 0 Å². The Balaban J connectivity index is 1.47. The van der Waals surface area contributed by atoms with Crippen LogP contribution in [0.5, 0.6) is 0 Å². The van der Waals surface area contributed by atoms with Crippen molar-refractivity contribution in [3.8, 4) is 45.2 Å². The maximum Gasteiger partial charge on any atom is 0.160 e. The Bertz CT molecular complexity index is 1570. The van der Waals surface area contributed by atoms with Crippen LogP contribution in [0.15, 0.2) is 128 Å². The summed E-state index contributed by atoms with van der Waals surface area (Å²) in [6.07, 6.45) is 1.81. The third kappa shape index (κ3) is 3.96. The van der Waals surface area contributed by atoms with Crippen molar-refractivity contribution < 1.29 is 0 Å². The van der Waals surface area contributed by atoms with Gasteiger partial charge in [-0.25, -0.2) is 9.97 Å². The number of hydrogen-bond donors (Lipinski definition) is 0. The lowest BCUT2D eigenvalue weighted by atomic mass is 10.0. The predicted molar refractivity (Wildman–Crippen MR) is 139 cm³/mol. The molecule has 3 nitrogen and oxygen atoms in total. The van der Waals surface area contributed by atoms with Crippen LogP contribution in [0.25, 0.3) is 55.9 Å². The Morgan fingerprint density at radius 2 is 1.00 bits per heavy atom. The molecule has 34 heavy (non-hydrogen) atoms. The van der Waals surface area contributed by atoms with Gasteiger partial charge in [0.05, 0.1) is 17.1 Å². The summed E-state index contributed by atoms with van der Waals surface area (Å²) in [7, 11) is 0. The molecule has 2 aromatic heterocycles. The number of benzene rings is 4.